The van der Waals surface area contributed by atoms with E-state index in [1.165, 1.54) is 0 Å². The number of rotatable bonds is 4. The molecule has 4 aromatic heterocycles. The summed E-state index contributed by atoms with van der Waals surface area (Å²) < 4.78 is 10.9. The molecule has 8 rings (SSSR count). The molecule has 0 aliphatic carbocycles. The van der Waals surface area contributed by atoms with Gasteiger partial charge in [0.25, 0.3) is 0 Å². The molecule has 0 unspecified atom stereocenters. The van der Waals surface area contributed by atoms with E-state index >= 15 is 0 Å². The fraction of sp³-hybridized carbons (Fsp3) is 0.0588. The van der Waals surface area contributed by atoms with Crippen molar-refractivity contribution in [2.45, 2.75) is 0 Å². The molecule has 0 radical (unpaired) electrons. The van der Waals surface area contributed by atoms with Crippen molar-refractivity contribution in [1.82, 2.24) is 29.1 Å². The van der Waals surface area contributed by atoms with Gasteiger partial charge in [0.05, 0.1) is 45.2 Å². The number of aryl methyl sites for hydroxylation is 2. The van der Waals surface area contributed by atoms with Gasteiger partial charge < -0.3 is 13.9 Å². The molecule has 0 atom stereocenters. The molecule has 0 aliphatic rings. The van der Waals surface area contributed by atoms with Gasteiger partial charge in [-0.2, -0.15) is 0 Å². The van der Waals surface area contributed by atoms with Gasteiger partial charge in [-0.3, -0.25) is 19.9 Å². The van der Waals surface area contributed by atoms with Gasteiger partial charge in [0.1, 0.15) is 0 Å². The van der Waals surface area contributed by atoms with Crippen molar-refractivity contribution in [3.63, 3.8) is 0 Å². The van der Waals surface area contributed by atoms with Crippen LogP contribution in [0.4, 0.5) is 0 Å². The third-order valence-electron chi connectivity index (χ3n) is 7.55. The molecule has 4 aromatic carbocycles. The molecule has 0 saturated heterocycles. The van der Waals surface area contributed by atoms with Crippen molar-refractivity contribution < 1.29 is 25.8 Å². The minimum atomic E-state index is 0. The van der Waals surface area contributed by atoms with Crippen molar-refractivity contribution in [2.24, 2.45) is 14.1 Å². The first-order valence-corrected chi connectivity index (χ1v) is 13.3. The second-order valence-electron chi connectivity index (χ2n) is 10.0. The first kappa shape index (κ1) is 26.1. The first-order chi connectivity index (χ1) is 20.1. The number of nitrogens with zero attached hydrogens (tertiary/aromatic N) is 6. The van der Waals surface area contributed by atoms with Crippen molar-refractivity contribution in [3.05, 3.63) is 110 Å². The van der Waals surface area contributed by atoms with E-state index in [2.05, 4.69) is 55.5 Å². The largest absolute Gasteiger partial charge is 2.00 e. The molecule has 0 aliphatic heterocycles. The molecule has 42 heavy (non-hydrogen) atoms. The van der Waals surface area contributed by atoms with Crippen LogP contribution in [0.3, 0.4) is 0 Å². The fourth-order valence-electron chi connectivity index (χ4n) is 5.50. The van der Waals surface area contributed by atoms with Crippen LogP contribution in [0.2, 0.25) is 0 Å². The SMILES string of the molecule is Cn1c(-c2[c-]c(Oc3[c-]c(-c4nc5ccccc5n4C)cc4cnccc34)c3ccncc3c2)nc2ccccc21.[Pt+2]. The molecule has 8 heteroatoms. The van der Waals surface area contributed by atoms with Crippen LogP contribution < -0.4 is 4.74 Å². The molecular formula is C34H22N6OPt. The van der Waals surface area contributed by atoms with Gasteiger partial charge in [-0.15, -0.1) is 23.3 Å². The van der Waals surface area contributed by atoms with Crippen molar-refractivity contribution in [1.29, 1.82) is 0 Å². The Balaban J connectivity index is 0.00000288. The smallest absolute Gasteiger partial charge is 0.495 e. The van der Waals surface area contributed by atoms with E-state index in [0.29, 0.717) is 11.5 Å². The number of benzene rings is 4. The van der Waals surface area contributed by atoms with Crippen molar-refractivity contribution >= 4 is 43.6 Å². The second kappa shape index (κ2) is 10.2. The molecule has 7 nitrogen and oxygen atoms in total. The van der Waals surface area contributed by atoms with E-state index in [4.69, 9.17) is 14.7 Å². The zero-order chi connectivity index (χ0) is 27.5. The number of ether oxygens (including phenoxy) is 1. The second-order valence-corrected chi connectivity index (χ2v) is 10.0. The quantitative estimate of drug-likeness (QED) is 0.179. The molecule has 8 aromatic rings. The fourth-order valence-corrected chi connectivity index (χ4v) is 5.50. The van der Waals surface area contributed by atoms with E-state index in [-0.39, 0.29) is 21.1 Å². The van der Waals surface area contributed by atoms with Crippen molar-refractivity contribution in [2.75, 3.05) is 0 Å². The average Bonchev–Trinajstić information content (AvgIpc) is 3.54. The Morgan fingerprint density at radius 2 is 1.07 bits per heavy atom. The number of aromatic nitrogens is 6. The van der Waals surface area contributed by atoms with Gasteiger partial charge in [0, 0.05) is 38.9 Å². The van der Waals surface area contributed by atoms with Crippen LogP contribution in [0.5, 0.6) is 11.5 Å². The van der Waals surface area contributed by atoms with Crippen LogP contribution in [0.1, 0.15) is 0 Å². The van der Waals surface area contributed by atoms with E-state index in [1.54, 1.807) is 12.4 Å². The van der Waals surface area contributed by atoms with Gasteiger partial charge in [-0.05, 0) is 24.3 Å². The van der Waals surface area contributed by atoms with Crippen LogP contribution in [0, 0.1) is 12.1 Å². The van der Waals surface area contributed by atoms with Gasteiger partial charge in [-0.25, -0.2) is 0 Å². The molecule has 0 saturated carbocycles. The van der Waals surface area contributed by atoms with Crippen LogP contribution in [0.25, 0.3) is 66.4 Å². The maximum Gasteiger partial charge on any atom is 2.00 e. The third kappa shape index (κ3) is 4.16. The van der Waals surface area contributed by atoms with Crippen LogP contribution in [0.15, 0.2) is 97.6 Å². The standard InChI is InChI=1S/C34H22N6O.Pt/c1-39-29-9-5-3-7-27(29)37-33(39)21-15-23-19-35-13-11-25(23)31(17-21)41-32-18-22(16-24-20-36-14-12-26(24)32)34-38-28-8-4-6-10-30(28)40(34)2;/h3-16,19-20H,1-2H3;/q-2;+2. The van der Waals surface area contributed by atoms with Crippen molar-refractivity contribution in [3.8, 4) is 34.3 Å². The Morgan fingerprint density at radius 1 is 0.619 bits per heavy atom. The summed E-state index contributed by atoms with van der Waals surface area (Å²) in [7, 11) is 4.03. The maximum atomic E-state index is 6.72. The topological polar surface area (TPSA) is 70.7 Å². The summed E-state index contributed by atoms with van der Waals surface area (Å²) in [5.41, 5.74) is 5.58. The number of hydrogen-bond acceptors (Lipinski definition) is 5. The number of para-hydroxylation sites is 4. The summed E-state index contributed by atoms with van der Waals surface area (Å²) >= 11 is 0. The third-order valence-corrected chi connectivity index (χ3v) is 7.55. The summed E-state index contributed by atoms with van der Waals surface area (Å²) in [6.07, 6.45) is 7.20. The molecule has 0 fully saturated rings. The Hall–Kier alpha value is -4.87. The Bertz CT molecular complexity index is 2130. The Morgan fingerprint density at radius 3 is 1.52 bits per heavy atom. The summed E-state index contributed by atoms with van der Waals surface area (Å²) in [5, 5.41) is 3.65. The molecule has 0 spiro atoms. The number of fused-ring (bicyclic) bond motifs is 4. The number of pyridine rings is 2. The zero-order valence-electron chi connectivity index (χ0n) is 22.6. The zero-order valence-corrected chi connectivity index (χ0v) is 24.9. The van der Waals surface area contributed by atoms with E-state index < -0.39 is 0 Å². The molecule has 4 heterocycles. The number of imidazole rings is 2. The molecular weight excluding hydrogens is 703 g/mol. The van der Waals surface area contributed by atoms with Gasteiger partial charge in [-0.1, -0.05) is 70.1 Å². The van der Waals surface area contributed by atoms with E-state index in [9.17, 15) is 0 Å². The molecule has 204 valence electrons. The maximum absolute atomic E-state index is 6.72. The van der Waals surface area contributed by atoms with E-state index in [0.717, 1.165) is 66.4 Å². The van der Waals surface area contributed by atoms with Crippen LogP contribution in [-0.2, 0) is 35.2 Å². The summed E-state index contributed by atoms with van der Waals surface area (Å²) in [6, 6.07) is 31.2. The molecule has 0 amide bonds. The van der Waals surface area contributed by atoms with Gasteiger partial charge >= 0.3 is 21.1 Å². The number of hydrogen-bond donors (Lipinski definition) is 0. The Kier molecular flexibility index (Phi) is 6.32. The van der Waals surface area contributed by atoms with Crippen LogP contribution in [-0.4, -0.2) is 29.1 Å². The molecule has 0 bridgehead atoms. The summed E-state index contributed by atoms with van der Waals surface area (Å²) in [4.78, 5) is 18.5. The Labute approximate surface area is 255 Å². The predicted octanol–water partition coefficient (Wildman–Crippen LogP) is 7.28. The predicted molar refractivity (Wildman–Crippen MR) is 161 cm³/mol. The van der Waals surface area contributed by atoms with E-state index in [1.807, 2.05) is 75.0 Å². The van der Waals surface area contributed by atoms with Gasteiger partial charge in [0.2, 0.25) is 0 Å². The van der Waals surface area contributed by atoms with Crippen LogP contribution >= 0.6 is 0 Å². The van der Waals surface area contributed by atoms with Gasteiger partial charge in [0.15, 0.2) is 0 Å². The first-order valence-electron chi connectivity index (χ1n) is 13.3. The monoisotopic (exact) mass is 725 g/mol. The minimum absolute atomic E-state index is 0. The minimum Gasteiger partial charge on any atom is -0.495 e. The summed E-state index contributed by atoms with van der Waals surface area (Å²) in [5.74, 6) is 2.74. The average molecular weight is 726 g/mol. The normalized spacial score (nSPS) is 11.4. The molecule has 0 N–H and O–H groups in total. The summed E-state index contributed by atoms with van der Waals surface area (Å²) in [6.45, 7) is 0.